The smallest absolute Gasteiger partial charge is 0.353 e. The molecule has 1 saturated carbocycles. The monoisotopic (exact) mass is 334 g/mol. The molecule has 1 saturated heterocycles. The van der Waals surface area contributed by atoms with E-state index in [1.807, 2.05) is 4.90 Å². The van der Waals surface area contributed by atoms with Gasteiger partial charge in [-0.1, -0.05) is 26.2 Å². The molecular weight excluding hydrogens is 308 g/mol. The molecule has 1 aliphatic carbocycles. The van der Waals surface area contributed by atoms with Crippen LogP contribution in [0.3, 0.4) is 0 Å². The number of nitrogens with one attached hydrogen (secondary N) is 1. The number of anilines is 3. The summed E-state index contributed by atoms with van der Waals surface area (Å²) in [5.74, 6) is 1.36. The van der Waals surface area contributed by atoms with Gasteiger partial charge in [0.1, 0.15) is 0 Å². The summed E-state index contributed by atoms with van der Waals surface area (Å²) in [5.41, 5.74) is 5.73. The molecule has 2 fully saturated rings. The molecular formula is C16H26N6O2. The predicted molar refractivity (Wildman–Crippen MR) is 94.2 cm³/mol. The Kier molecular flexibility index (Phi) is 5.01. The zero-order valence-corrected chi connectivity index (χ0v) is 14.2. The Bertz CT molecular complexity index is 594. The number of aromatic nitrogens is 2. The molecule has 8 nitrogen and oxygen atoms in total. The van der Waals surface area contributed by atoms with Crippen LogP contribution in [0.1, 0.15) is 51.9 Å². The molecule has 8 heteroatoms. The quantitative estimate of drug-likeness (QED) is 0.643. The second-order valence-corrected chi connectivity index (χ2v) is 7.01. The van der Waals surface area contributed by atoms with Crippen molar-refractivity contribution in [3.8, 4) is 0 Å². The van der Waals surface area contributed by atoms with Gasteiger partial charge in [-0.2, -0.15) is 9.97 Å². The van der Waals surface area contributed by atoms with Crippen LogP contribution >= 0.6 is 0 Å². The molecule has 0 spiro atoms. The van der Waals surface area contributed by atoms with Crippen molar-refractivity contribution in [3.05, 3.63) is 10.1 Å². The molecule has 132 valence electrons. The van der Waals surface area contributed by atoms with Gasteiger partial charge in [0.25, 0.3) is 0 Å². The molecule has 0 amide bonds. The molecule has 2 heterocycles. The van der Waals surface area contributed by atoms with Gasteiger partial charge >= 0.3 is 5.69 Å². The van der Waals surface area contributed by atoms with E-state index >= 15 is 0 Å². The maximum Gasteiger partial charge on any atom is 0.353 e. The minimum atomic E-state index is -0.465. The maximum absolute atomic E-state index is 11.4. The number of piperidine rings is 1. The van der Waals surface area contributed by atoms with E-state index in [1.54, 1.807) is 0 Å². The van der Waals surface area contributed by atoms with Gasteiger partial charge in [-0.05, 0) is 31.6 Å². The summed E-state index contributed by atoms with van der Waals surface area (Å²) in [6.45, 7) is 3.73. The number of hydrogen-bond acceptors (Lipinski definition) is 7. The summed E-state index contributed by atoms with van der Waals surface area (Å²) in [6, 6.07) is 0.328. The van der Waals surface area contributed by atoms with Gasteiger partial charge in [0.05, 0.1) is 4.92 Å². The van der Waals surface area contributed by atoms with Gasteiger partial charge < -0.3 is 16.0 Å². The fourth-order valence-electron chi connectivity index (χ4n) is 3.57. The first-order valence-corrected chi connectivity index (χ1v) is 8.88. The van der Waals surface area contributed by atoms with Crippen LogP contribution in [0.4, 0.5) is 23.3 Å². The summed E-state index contributed by atoms with van der Waals surface area (Å²) in [5, 5.41) is 14.8. The van der Waals surface area contributed by atoms with Crippen LogP contribution in [-0.2, 0) is 0 Å². The van der Waals surface area contributed by atoms with Crippen LogP contribution in [0.15, 0.2) is 0 Å². The molecule has 1 aromatic rings. The lowest BCUT2D eigenvalue weighted by molar-refractivity contribution is -0.383. The van der Waals surface area contributed by atoms with E-state index < -0.39 is 4.92 Å². The summed E-state index contributed by atoms with van der Waals surface area (Å²) >= 11 is 0. The number of nitro groups is 1. The van der Waals surface area contributed by atoms with Crippen molar-refractivity contribution in [2.24, 2.45) is 5.92 Å². The number of nitrogens with two attached hydrogens (primary N) is 1. The molecule has 0 radical (unpaired) electrons. The predicted octanol–water partition coefficient (Wildman–Crippen LogP) is 2.95. The van der Waals surface area contributed by atoms with Crippen molar-refractivity contribution in [1.82, 2.24) is 9.97 Å². The van der Waals surface area contributed by atoms with Crippen LogP contribution in [0.5, 0.6) is 0 Å². The van der Waals surface area contributed by atoms with Gasteiger partial charge in [-0.3, -0.25) is 10.1 Å². The normalized spacial score (nSPS) is 20.1. The van der Waals surface area contributed by atoms with E-state index in [9.17, 15) is 10.1 Å². The Labute approximate surface area is 142 Å². The average molecular weight is 334 g/mol. The van der Waals surface area contributed by atoms with Crippen LogP contribution in [0.25, 0.3) is 0 Å². The summed E-state index contributed by atoms with van der Waals surface area (Å²) in [6.07, 6.45) is 7.82. The number of nitrogens with zero attached hydrogens (tertiary/aromatic N) is 4. The molecule has 3 rings (SSSR count). The first-order valence-electron chi connectivity index (χ1n) is 8.88. The number of rotatable bonds is 4. The third-order valence-electron chi connectivity index (χ3n) is 5.10. The standard InChI is InChI=1S/C16H26N6O2/c1-11-7-9-21(10-8-11)15-13(22(23)24)14(17)19-16(20-15)18-12-5-3-2-4-6-12/h11-12H,2-10H2,1H3,(H3,17,18,19,20). The molecule has 1 aliphatic heterocycles. The van der Waals surface area contributed by atoms with Crippen molar-refractivity contribution < 1.29 is 4.92 Å². The lowest BCUT2D eigenvalue weighted by Crippen LogP contribution is -2.34. The second-order valence-electron chi connectivity index (χ2n) is 7.01. The summed E-state index contributed by atoms with van der Waals surface area (Å²) < 4.78 is 0. The largest absolute Gasteiger partial charge is 0.378 e. The highest BCUT2D eigenvalue weighted by atomic mass is 16.6. The Balaban J connectivity index is 1.87. The highest BCUT2D eigenvalue weighted by Crippen LogP contribution is 2.34. The van der Waals surface area contributed by atoms with Gasteiger partial charge in [0.2, 0.25) is 17.6 Å². The first-order chi connectivity index (χ1) is 11.5. The Morgan fingerprint density at radius 1 is 1.17 bits per heavy atom. The van der Waals surface area contributed by atoms with E-state index in [0.717, 1.165) is 38.8 Å². The lowest BCUT2D eigenvalue weighted by atomic mass is 9.96. The van der Waals surface area contributed by atoms with Crippen LogP contribution in [0.2, 0.25) is 0 Å². The van der Waals surface area contributed by atoms with E-state index in [1.165, 1.54) is 19.3 Å². The zero-order chi connectivity index (χ0) is 17.1. The van der Waals surface area contributed by atoms with Crippen LogP contribution in [0, 0.1) is 16.0 Å². The van der Waals surface area contributed by atoms with Crippen molar-refractivity contribution in [1.29, 1.82) is 0 Å². The lowest BCUT2D eigenvalue weighted by Gasteiger charge is -2.31. The van der Waals surface area contributed by atoms with Gasteiger partial charge in [-0.15, -0.1) is 0 Å². The van der Waals surface area contributed by atoms with Crippen LogP contribution < -0.4 is 16.0 Å². The molecule has 2 aliphatic rings. The van der Waals surface area contributed by atoms with E-state index in [0.29, 0.717) is 23.7 Å². The highest BCUT2D eigenvalue weighted by molar-refractivity contribution is 5.71. The van der Waals surface area contributed by atoms with E-state index in [4.69, 9.17) is 5.73 Å². The molecule has 24 heavy (non-hydrogen) atoms. The van der Waals surface area contributed by atoms with Gasteiger partial charge in [-0.25, -0.2) is 0 Å². The van der Waals surface area contributed by atoms with Gasteiger partial charge in [0, 0.05) is 19.1 Å². The fraction of sp³-hybridized carbons (Fsp3) is 0.750. The second kappa shape index (κ2) is 7.19. The fourth-order valence-corrected chi connectivity index (χ4v) is 3.57. The van der Waals surface area contributed by atoms with Crippen molar-refractivity contribution in [2.75, 3.05) is 29.0 Å². The highest BCUT2D eigenvalue weighted by Gasteiger charge is 2.29. The maximum atomic E-state index is 11.4. The van der Waals surface area contributed by atoms with Crippen molar-refractivity contribution in [2.45, 2.75) is 57.9 Å². The number of hydrogen-bond donors (Lipinski definition) is 2. The van der Waals surface area contributed by atoms with E-state index in [-0.39, 0.29) is 11.5 Å². The third-order valence-corrected chi connectivity index (χ3v) is 5.10. The average Bonchev–Trinajstić information content (AvgIpc) is 2.55. The van der Waals surface area contributed by atoms with Crippen molar-refractivity contribution >= 4 is 23.3 Å². The summed E-state index contributed by atoms with van der Waals surface area (Å²) in [4.78, 5) is 21.6. The Morgan fingerprint density at radius 2 is 1.83 bits per heavy atom. The molecule has 1 aromatic heterocycles. The van der Waals surface area contributed by atoms with Gasteiger partial charge in [0.15, 0.2) is 0 Å². The third kappa shape index (κ3) is 3.68. The molecule has 0 aromatic carbocycles. The first kappa shape index (κ1) is 16.7. The summed E-state index contributed by atoms with van der Waals surface area (Å²) in [7, 11) is 0. The minimum absolute atomic E-state index is 0.0538. The Hall–Kier alpha value is -2.12. The molecule has 0 unspecified atom stereocenters. The van der Waals surface area contributed by atoms with E-state index in [2.05, 4.69) is 22.2 Å². The minimum Gasteiger partial charge on any atom is -0.378 e. The Morgan fingerprint density at radius 3 is 2.46 bits per heavy atom. The molecule has 3 N–H and O–H groups in total. The SMILES string of the molecule is CC1CCN(c2nc(NC3CCCCC3)nc(N)c2[N+](=O)[O-])CC1. The zero-order valence-electron chi connectivity index (χ0n) is 14.2. The van der Waals surface area contributed by atoms with Crippen LogP contribution in [-0.4, -0.2) is 34.0 Å². The van der Waals surface area contributed by atoms with Crippen molar-refractivity contribution in [3.63, 3.8) is 0 Å². The molecule has 0 bridgehead atoms. The molecule has 0 atom stereocenters. The topological polar surface area (TPSA) is 110 Å². The number of nitrogen functional groups attached to an aromatic ring is 1.